The number of rotatable bonds is 1. The van der Waals surface area contributed by atoms with Gasteiger partial charge in [0.05, 0.1) is 0 Å². The number of fused-ring (bicyclic) bond motifs is 3. The molecule has 3 fully saturated rings. The Morgan fingerprint density at radius 1 is 1.23 bits per heavy atom. The second-order valence-electron chi connectivity index (χ2n) is 5.16. The van der Waals surface area contributed by atoms with Gasteiger partial charge in [-0.1, -0.05) is 13.8 Å². The van der Waals surface area contributed by atoms with Gasteiger partial charge in [-0.25, -0.2) is 0 Å². The average molecular weight is 183 g/mol. The highest BCUT2D eigenvalue weighted by Gasteiger charge is 2.55. The van der Waals surface area contributed by atoms with Crippen LogP contribution in [-0.4, -0.2) is 11.0 Å². The molecule has 0 spiro atoms. The van der Waals surface area contributed by atoms with Gasteiger partial charge in [0, 0.05) is 16.3 Å². The van der Waals surface area contributed by atoms with Crippen LogP contribution in [0.25, 0.3) is 0 Å². The van der Waals surface area contributed by atoms with Crippen LogP contribution in [0.1, 0.15) is 39.5 Å². The quantitative estimate of drug-likeness (QED) is 0.463. The Morgan fingerprint density at radius 3 is 2.08 bits per heavy atom. The summed E-state index contributed by atoms with van der Waals surface area (Å²) in [5.41, 5.74) is -0.0648. The molecule has 0 aromatic heterocycles. The van der Waals surface area contributed by atoms with Gasteiger partial charge in [0.25, 0.3) is 0 Å². The number of nitro groups is 1. The lowest BCUT2D eigenvalue weighted by Gasteiger charge is -2.49. The molecule has 0 saturated heterocycles. The summed E-state index contributed by atoms with van der Waals surface area (Å²) in [6, 6.07) is -0.278. The fourth-order valence-corrected chi connectivity index (χ4v) is 3.47. The minimum Gasteiger partial charge on any atom is -0.264 e. The summed E-state index contributed by atoms with van der Waals surface area (Å²) in [4.78, 5) is 10.9. The monoisotopic (exact) mass is 183 g/mol. The summed E-state index contributed by atoms with van der Waals surface area (Å²) in [6.07, 6.45) is 4.59. The van der Waals surface area contributed by atoms with Crippen molar-refractivity contribution in [2.24, 2.45) is 17.3 Å². The largest absolute Gasteiger partial charge is 0.264 e. The van der Waals surface area contributed by atoms with Crippen LogP contribution >= 0.6 is 0 Å². The van der Waals surface area contributed by atoms with Gasteiger partial charge in [0.15, 0.2) is 0 Å². The third kappa shape index (κ3) is 1.17. The van der Waals surface area contributed by atoms with Crippen LogP contribution < -0.4 is 0 Å². The van der Waals surface area contributed by atoms with Crippen LogP contribution in [0.3, 0.4) is 0 Å². The third-order valence-corrected chi connectivity index (χ3v) is 4.26. The first kappa shape index (κ1) is 8.97. The van der Waals surface area contributed by atoms with E-state index in [0.717, 1.165) is 12.8 Å². The first-order chi connectivity index (χ1) is 6.03. The first-order valence-corrected chi connectivity index (χ1v) is 5.17. The summed E-state index contributed by atoms with van der Waals surface area (Å²) < 4.78 is 0. The number of nitrogens with zero attached hydrogens (tertiary/aromatic N) is 1. The zero-order chi connectivity index (χ0) is 9.64. The normalized spacial score (nSPS) is 41.8. The highest BCUT2D eigenvalue weighted by molar-refractivity contribution is 4.98. The van der Waals surface area contributed by atoms with E-state index in [1.807, 2.05) is 0 Å². The van der Waals surface area contributed by atoms with Gasteiger partial charge in [-0.05, 0) is 31.6 Å². The molecule has 3 aliphatic rings. The van der Waals surface area contributed by atoms with Crippen molar-refractivity contribution in [2.75, 3.05) is 0 Å². The molecule has 0 heterocycles. The Bertz CT molecular complexity index is 229. The van der Waals surface area contributed by atoms with Crippen LogP contribution in [0, 0.1) is 27.4 Å². The van der Waals surface area contributed by atoms with E-state index in [2.05, 4.69) is 13.8 Å². The summed E-state index contributed by atoms with van der Waals surface area (Å²) in [7, 11) is 0. The third-order valence-electron chi connectivity index (χ3n) is 4.26. The predicted molar refractivity (Wildman–Crippen MR) is 50.0 cm³/mol. The van der Waals surface area contributed by atoms with Crippen molar-refractivity contribution >= 4 is 0 Å². The van der Waals surface area contributed by atoms with Crippen molar-refractivity contribution in [1.29, 1.82) is 0 Å². The van der Waals surface area contributed by atoms with Crippen LogP contribution in [-0.2, 0) is 0 Å². The molecule has 0 aliphatic heterocycles. The number of hydrogen-bond acceptors (Lipinski definition) is 2. The first-order valence-electron chi connectivity index (χ1n) is 5.17. The van der Waals surface area contributed by atoms with Crippen LogP contribution in [0.15, 0.2) is 0 Å². The topological polar surface area (TPSA) is 43.1 Å². The van der Waals surface area contributed by atoms with Gasteiger partial charge < -0.3 is 0 Å². The molecule has 3 nitrogen and oxygen atoms in total. The second-order valence-corrected chi connectivity index (χ2v) is 5.16. The Morgan fingerprint density at radius 2 is 1.77 bits per heavy atom. The van der Waals surface area contributed by atoms with E-state index in [-0.39, 0.29) is 16.4 Å². The lowest BCUT2D eigenvalue weighted by atomic mass is 9.55. The Balaban J connectivity index is 2.29. The molecule has 0 aromatic rings. The zero-order valence-corrected chi connectivity index (χ0v) is 8.32. The molecule has 13 heavy (non-hydrogen) atoms. The molecule has 1 unspecified atom stereocenters. The molecule has 3 aliphatic carbocycles. The van der Waals surface area contributed by atoms with Crippen molar-refractivity contribution in [3.05, 3.63) is 10.1 Å². The smallest absolute Gasteiger partial charge is 0.221 e. The fraction of sp³-hybridized carbons (Fsp3) is 1.00. The van der Waals surface area contributed by atoms with E-state index in [4.69, 9.17) is 0 Å². The minimum atomic E-state index is -0.278. The maximum absolute atomic E-state index is 11.0. The molecule has 0 radical (unpaired) electrons. The molecule has 0 amide bonds. The van der Waals surface area contributed by atoms with E-state index >= 15 is 0 Å². The maximum atomic E-state index is 11.0. The SMILES string of the molecule is CC1(C)C2CCC(CC2)C1[N+](=O)[O-]. The van der Waals surface area contributed by atoms with E-state index < -0.39 is 0 Å². The van der Waals surface area contributed by atoms with Gasteiger partial charge in [0.1, 0.15) is 0 Å². The van der Waals surface area contributed by atoms with Crippen molar-refractivity contribution in [3.63, 3.8) is 0 Å². The van der Waals surface area contributed by atoms with Gasteiger partial charge in [-0.15, -0.1) is 0 Å². The van der Waals surface area contributed by atoms with Crippen LogP contribution in [0.2, 0.25) is 0 Å². The molecule has 1 atom stereocenters. The Kier molecular flexibility index (Phi) is 1.86. The standard InChI is InChI=1S/C10H17NO2/c1-10(2)8-5-3-7(4-6-8)9(10)11(12)13/h7-9H,3-6H2,1-2H3. The van der Waals surface area contributed by atoms with Crippen molar-refractivity contribution in [1.82, 2.24) is 0 Å². The number of hydrogen-bond donors (Lipinski definition) is 0. The Labute approximate surface area is 78.7 Å². The summed E-state index contributed by atoms with van der Waals surface area (Å²) in [6.45, 7) is 4.16. The predicted octanol–water partition coefficient (Wildman–Crippen LogP) is 2.48. The van der Waals surface area contributed by atoms with Crippen molar-refractivity contribution < 1.29 is 4.92 Å². The van der Waals surface area contributed by atoms with Gasteiger partial charge in [0.2, 0.25) is 6.04 Å². The van der Waals surface area contributed by atoms with Crippen molar-refractivity contribution in [2.45, 2.75) is 45.6 Å². The van der Waals surface area contributed by atoms with E-state index in [1.165, 1.54) is 12.8 Å². The van der Waals surface area contributed by atoms with Crippen molar-refractivity contribution in [3.8, 4) is 0 Å². The second kappa shape index (κ2) is 2.69. The highest BCUT2D eigenvalue weighted by Crippen LogP contribution is 2.53. The van der Waals surface area contributed by atoms with E-state index in [1.54, 1.807) is 0 Å². The lowest BCUT2D eigenvalue weighted by Crippen LogP contribution is -2.53. The molecule has 2 bridgehead atoms. The lowest BCUT2D eigenvalue weighted by molar-refractivity contribution is -0.561. The molecule has 3 saturated carbocycles. The molecule has 0 aromatic carbocycles. The molecular formula is C10H17NO2. The zero-order valence-electron chi connectivity index (χ0n) is 8.32. The molecule has 3 heteroatoms. The molecule has 0 N–H and O–H groups in total. The summed E-state index contributed by atoms with van der Waals surface area (Å²) >= 11 is 0. The van der Waals surface area contributed by atoms with Crippen LogP contribution in [0.4, 0.5) is 0 Å². The molecule has 3 rings (SSSR count). The molecular weight excluding hydrogens is 166 g/mol. The van der Waals surface area contributed by atoms with E-state index in [0.29, 0.717) is 11.8 Å². The van der Waals surface area contributed by atoms with Gasteiger partial charge in [-0.3, -0.25) is 10.1 Å². The highest BCUT2D eigenvalue weighted by atomic mass is 16.6. The summed E-state index contributed by atoms with van der Waals surface area (Å²) in [5.74, 6) is 0.947. The maximum Gasteiger partial charge on any atom is 0.221 e. The minimum absolute atomic E-state index is 0.0318. The van der Waals surface area contributed by atoms with Crippen LogP contribution in [0.5, 0.6) is 0 Å². The average Bonchev–Trinajstić information content (AvgIpc) is 2.03. The fourth-order valence-electron chi connectivity index (χ4n) is 3.47. The van der Waals surface area contributed by atoms with Gasteiger partial charge >= 0.3 is 0 Å². The Hall–Kier alpha value is -0.600. The van der Waals surface area contributed by atoms with E-state index in [9.17, 15) is 10.1 Å². The van der Waals surface area contributed by atoms with Gasteiger partial charge in [-0.2, -0.15) is 0 Å². The molecule has 74 valence electrons. The summed E-state index contributed by atoms with van der Waals surface area (Å²) in [5, 5.41) is 11.0.